The number of ether oxygens (including phenoxy) is 1. The summed E-state index contributed by atoms with van der Waals surface area (Å²) in [7, 11) is 0. The summed E-state index contributed by atoms with van der Waals surface area (Å²) in [5.41, 5.74) is 0.837. The van der Waals surface area contributed by atoms with Crippen LogP contribution in [0.2, 0.25) is 5.02 Å². The Morgan fingerprint density at radius 1 is 1.33 bits per heavy atom. The highest BCUT2D eigenvalue weighted by molar-refractivity contribution is 9.10. The van der Waals surface area contributed by atoms with Crippen molar-refractivity contribution in [1.29, 1.82) is 0 Å². The van der Waals surface area contributed by atoms with E-state index < -0.39 is 18.0 Å². The number of esters is 1. The number of pyridine rings is 1. The second-order valence-corrected chi connectivity index (χ2v) is 6.17. The topological polar surface area (TPSA) is 68.3 Å². The lowest BCUT2D eigenvalue weighted by atomic mass is 10.2. The molecule has 7 heteroatoms. The van der Waals surface area contributed by atoms with Gasteiger partial charge in [0.15, 0.2) is 6.10 Å². The molecule has 2 aromatic rings. The summed E-state index contributed by atoms with van der Waals surface area (Å²) >= 11 is 9.07. The zero-order valence-corrected chi connectivity index (χ0v) is 15.0. The van der Waals surface area contributed by atoms with Crippen LogP contribution in [0.1, 0.15) is 12.5 Å². The Bertz CT molecular complexity index is 763. The summed E-state index contributed by atoms with van der Waals surface area (Å²) < 4.78 is 5.96. The third-order valence-corrected chi connectivity index (χ3v) is 3.62. The Balaban J connectivity index is 1.88. The van der Waals surface area contributed by atoms with Crippen LogP contribution in [0.4, 0.5) is 5.82 Å². The molecular formula is C17H14BrClN2O3. The number of carbonyl (C=O) groups excluding carboxylic acids is 2. The lowest BCUT2D eigenvalue weighted by molar-refractivity contribution is -0.148. The van der Waals surface area contributed by atoms with Gasteiger partial charge in [0.1, 0.15) is 5.82 Å². The van der Waals surface area contributed by atoms with E-state index in [1.807, 2.05) is 24.3 Å². The van der Waals surface area contributed by atoms with Gasteiger partial charge in [-0.2, -0.15) is 0 Å². The molecule has 0 unspecified atom stereocenters. The molecule has 0 fully saturated rings. The van der Waals surface area contributed by atoms with E-state index in [0.29, 0.717) is 10.8 Å². The van der Waals surface area contributed by atoms with Crippen molar-refractivity contribution in [2.24, 2.45) is 0 Å². The molecule has 1 aromatic heterocycles. The first-order valence-corrected chi connectivity index (χ1v) is 8.18. The van der Waals surface area contributed by atoms with Crippen molar-refractivity contribution in [2.75, 3.05) is 5.32 Å². The van der Waals surface area contributed by atoms with Gasteiger partial charge in [-0.05, 0) is 42.8 Å². The lowest BCUT2D eigenvalue weighted by Crippen LogP contribution is -2.29. The van der Waals surface area contributed by atoms with Gasteiger partial charge in [0.2, 0.25) is 0 Å². The molecule has 1 N–H and O–H groups in total. The first kappa shape index (κ1) is 18.2. The summed E-state index contributed by atoms with van der Waals surface area (Å²) in [5.74, 6) is -0.757. The Morgan fingerprint density at radius 2 is 2.12 bits per heavy atom. The quantitative estimate of drug-likeness (QED) is 0.597. The van der Waals surface area contributed by atoms with Crippen LogP contribution in [0.15, 0.2) is 53.1 Å². The van der Waals surface area contributed by atoms with Crippen molar-refractivity contribution in [1.82, 2.24) is 4.98 Å². The van der Waals surface area contributed by atoms with E-state index in [2.05, 4.69) is 26.2 Å². The Hall–Kier alpha value is -2.18. The monoisotopic (exact) mass is 408 g/mol. The average Bonchev–Trinajstić information content (AvgIpc) is 2.55. The molecule has 0 radical (unpaired) electrons. The molecule has 0 bridgehead atoms. The second kappa shape index (κ2) is 8.61. The predicted octanol–water partition coefficient (Wildman–Crippen LogP) is 4.08. The number of rotatable bonds is 5. The lowest BCUT2D eigenvalue weighted by Gasteiger charge is -2.11. The van der Waals surface area contributed by atoms with Crippen LogP contribution in [0, 0.1) is 0 Å². The molecule has 1 aromatic carbocycles. The zero-order valence-electron chi connectivity index (χ0n) is 12.7. The standard InChI is InChI=1S/C17H14BrClN2O3/c1-11(17(23)21-15-7-6-14(19)10-20-15)24-16(22)8-5-12-3-2-4-13(18)9-12/h2-11H,1H3,(H,20,21,23)/b8-5+/t11-/m0/s1. The van der Waals surface area contributed by atoms with Crippen molar-refractivity contribution >= 4 is 51.3 Å². The highest BCUT2D eigenvalue weighted by Gasteiger charge is 2.17. The molecule has 0 saturated carbocycles. The number of amides is 1. The summed E-state index contributed by atoms with van der Waals surface area (Å²) in [4.78, 5) is 27.7. The number of hydrogen-bond donors (Lipinski definition) is 1. The molecule has 24 heavy (non-hydrogen) atoms. The van der Waals surface area contributed by atoms with Crippen LogP contribution in [-0.4, -0.2) is 23.0 Å². The van der Waals surface area contributed by atoms with Gasteiger partial charge >= 0.3 is 5.97 Å². The van der Waals surface area contributed by atoms with Gasteiger partial charge in [0.05, 0.1) is 5.02 Å². The van der Waals surface area contributed by atoms with Gasteiger partial charge in [-0.3, -0.25) is 4.79 Å². The number of carbonyl (C=O) groups is 2. The van der Waals surface area contributed by atoms with Gasteiger partial charge in [-0.15, -0.1) is 0 Å². The van der Waals surface area contributed by atoms with E-state index in [4.69, 9.17) is 16.3 Å². The Labute approximate surface area is 152 Å². The minimum absolute atomic E-state index is 0.331. The number of anilines is 1. The SMILES string of the molecule is C[C@H](OC(=O)/C=C/c1cccc(Br)c1)C(=O)Nc1ccc(Cl)cn1. The van der Waals surface area contributed by atoms with Crippen molar-refractivity contribution in [3.8, 4) is 0 Å². The fourth-order valence-electron chi connectivity index (χ4n) is 1.72. The average molecular weight is 410 g/mol. The molecule has 1 heterocycles. The van der Waals surface area contributed by atoms with E-state index in [0.717, 1.165) is 10.0 Å². The van der Waals surface area contributed by atoms with E-state index >= 15 is 0 Å². The number of aromatic nitrogens is 1. The van der Waals surface area contributed by atoms with E-state index in [1.54, 1.807) is 18.2 Å². The van der Waals surface area contributed by atoms with Crippen molar-refractivity contribution in [2.45, 2.75) is 13.0 Å². The highest BCUT2D eigenvalue weighted by atomic mass is 79.9. The van der Waals surface area contributed by atoms with Gasteiger partial charge in [0, 0.05) is 16.7 Å². The van der Waals surface area contributed by atoms with Crippen LogP contribution in [0.25, 0.3) is 6.08 Å². The summed E-state index contributed by atoms with van der Waals surface area (Å²) in [6.45, 7) is 1.48. The Morgan fingerprint density at radius 3 is 2.79 bits per heavy atom. The van der Waals surface area contributed by atoms with Gasteiger partial charge < -0.3 is 10.1 Å². The van der Waals surface area contributed by atoms with Crippen LogP contribution < -0.4 is 5.32 Å². The second-order valence-electron chi connectivity index (χ2n) is 4.82. The zero-order chi connectivity index (χ0) is 17.5. The number of nitrogens with zero attached hydrogens (tertiary/aromatic N) is 1. The molecular weight excluding hydrogens is 396 g/mol. The predicted molar refractivity (Wildman–Crippen MR) is 96.6 cm³/mol. The van der Waals surface area contributed by atoms with Crippen molar-refractivity contribution in [3.05, 3.63) is 63.7 Å². The number of halogens is 2. The van der Waals surface area contributed by atoms with Crippen LogP contribution in [0.5, 0.6) is 0 Å². The first-order chi connectivity index (χ1) is 11.4. The highest BCUT2D eigenvalue weighted by Crippen LogP contribution is 2.13. The maximum Gasteiger partial charge on any atom is 0.331 e. The maximum atomic E-state index is 12.0. The summed E-state index contributed by atoms with van der Waals surface area (Å²) in [6, 6.07) is 10.6. The number of nitrogens with one attached hydrogen (secondary N) is 1. The number of benzene rings is 1. The van der Waals surface area contributed by atoms with Gasteiger partial charge in [-0.25, -0.2) is 9.78 Å². The largest absolute Gasteiger partial charge is 0.449 e. The molecule has 2 rings (SSSR count). The van der Waals surface area contributed by atoms with Crippen LogP contribution in [0.3, 0.4) is 0 Å². The summed E-state index contributed by atoms with van der Waals surface area (Å²) in [5, 5.41) is 3.00. The fourth-order valence-corrected chi connectivity index (χ4v) is 2.25. The van der Waals surface area contributed by atoms with E-state index in [1.165, 1.54) is 19.2 Å². The van der Waals surface area contributed by atoms with E-state index in [9.17, 15) is 9.59 Å². The van der Waals surface area contributed by atoms with E-state index in [-0.39, 0.29) is 0 Å². The molecule has 5 nitrogen and oxygen atoms in total. The first-order valence-electron chi connectivity index (χ1n) is 7.01. The van der Waals surface area contributed by atoms with Crippen molar-refractivity contribution in [3.63, 3.8) is 0 Å². The molecule has 0 spiro atoms. The van der Waals surface area contributed by atoms with Gasteiger partial charge in [-0.1, -0.05) is 39.7 Å². The third-order valence-electron chi connectivity index (χ3n) is 2.90. The summed E-state index contributed by atoms with van der Waals surface area (Å²) in [6.07, 6.45) is 3.33. The third kappa shape index (κ3) is 5.79. The molecule has 1 atom stereocenters. The van der Waals surface area contributed by atoms with Crippen LogP contribution in [-0.2, 0) is 14.3 Å². The smallest absolute Gasteiger partial charge is 0.331 e. The molecule has 0 aliphatic rings. The molecule has 124 valence electrons. The van der Waals surface area contributed by atoms with Crippen molar-refractivity contribution < 1.29 is 14.3 Å². The Kier molecular flexibility index (Phi) is 6.52. The maximum absolute atomic E-state index is 12.0. The minimum atomic E-state index is -0.956. The molecule has 0 aliphatic carbocycles. The molecule has 1 amide bonds. The fraction of sp³-hybridized carbons (Fsp3) is 0.118. The molecule has 0 saturated heterocycles. The minimum Gasteiger partial charge on any atom is -0.449 e. The van der Waals surface area contributed by atoms with Crippen LogP contribution >= 0.6 is 27.5 Å². The molecule has 0 aliphatic heterocycles. The normalized spacial score (nSPS) is 12.0. The van der Waals surface area contributed by atoms with Gasteiger partial charge in [0.25, 0.3) is 5.91 Å². The number of hydrogen-bond acceptors (Lipinski definition) is 4.